The first-order valence-corrected chi connectivity index (χ1v) is 13.0. The van der Waals surface area contributed by atoms with E-state index >= 15 is 0 Å². The number of hydrogen-bond donors (Lipinski definition) is 2. The summed E-state index contributed by atoms with van der Waals surface area (Å²) < 4.78 is 51.9. The van der Waals surface area contributed by atoms with E-state index in [0.717, 1.165) is 28.2 Å². The number of allylic oxidation sites excluding steroid dienone is 3. The van der Waals surface area contributed by atoms with Gasteiger partial charge in [0.2, 0.25) is 12.2 Å². The monoisotopic (exact) mass is 547 g/mol. The molecule has 202 valence electrons. The number of alkyl halides is 3. The van der Waals surface area contributed by atoms with E-state index in [0.29, 0.717) is 17.9 Å². The summed E-state index contributed by atoms with van der Waals surface area (Å²) in [4.78, 5) is 13.9. The van der Waals surface area contributed by atoms with E-state index in [4.69, 9.17) is 14.6 Å². The number of halogens is 3. The van der Waals surface area contributed by atoms with E-state index in [1.807, 2.05) is 62.2 Å². The smallest absolute Gasteiger partial charge is 0.416 e. The molecule has 3 saturated heterocycles. The maximum Gasteiger partial charge on any atom is 0.416 e. The maximum absolute atomic E-state index is 13.1. The molecule has 0 aromatic heterocycles. The highest BCUT2D eigenvalue weighted by atomic mass is 32.2. The van der Waals surface area contributed by atoms with Crippen molar-refractivity contribution in [2.75, 3.05) is 24.4 Å². The first kappa shape index (κ1) is 26.6. The Morgan fingerprint density at radius 3 is 2.55 bits per heavy atom. The number of nitrogens with zero attached hydrogens (tertiary/aromatic N) is 2. The minimum atomic E-state index is -4.40. The second kappa shape index (κ2) is 9.64. The molecule has 2 N–H and O–H groups in total. The average Bonchev–Trinajstić information content (AvgIpc) is 3.44. The number of aryl methyl sites for hydroxylation is 2. The van der Waals surface area contributed by atoms with Crippen LogP contribution in [0.2, 0.25) is 0 Å². The Hall–Kier alpha value is -2.99. The van der Waals surface area contributed by atoms with Gasteiger partial charge >= 0.3 is 12.1 Å². The van der Waals surface area contributed by atoms with Crippen molar-refractivity contribution in [2.24, 2.45) is 5.41 Å². The lowest BCUT2D eigenvalue weighted by molar-refractivity contribution is -0.348. The van der Waals surface area contributed by atoms with Gasteiger partial charge in [0.15, 0.2) is 0 Å². The summed E-state index contributed by atoms with van der Waals surface area (Å²) in [7, 11) is 1.91. The highest BCUT2D eigenvalue weighted by molar-refractivity contribution is 8.00. The number of aliphatic carboxylic acids is 1. The lowest BCUT2D eigenvalue weighted by Gasteiger charge is -2.55. The normalized spacial score (nSPS) is 26.5. The number of carboxylic acids is 1. The molecular weight excluding hydrogens is 519 g/mol. The van der Waals surface area contributed by atoms with Crippen LogP contribution in [0.5, 0.6) is 5.75 Å². The van der Waals surface area contributed by atoms with Gasteiger partial charge < -0.3 is 14.6 Å². The van der Waals surface area contributed by atoms with E-state index < -0.39 is 35.3 Å². The molecule has 2 bridgehead atoms. The van der Waals surface area contributed by atoms with Crippen molar-refractivity contribution in [3.8, 4) is 5.75 Å². The van der Waals surface area contributed by atoms with Crippen LogP contribution >= 0.6 is 11.8 Å². The van der Waals surface area contributed by atoms with Gasteiger partial charge in [-0.1, -0.05) is 24.3 Å². The zero-order valence-corrected chi connectivity index (χ0v) is 21.9. The summed E-state index contributed by atoms with van der Waals surface area (Å²) in [5.74, 6) is -1.17. The van der Waals surface area contributed by atoms with Crippen LogP contribution in [0.1, 0.15) is 23.1 Å². The topological polar surface area (TPSA) is 74.3 Å². The molecule has 1 aliphatic carbocycles. The van der Waals surface area contributed by atoms with E-state index in [-0.39, 0.29) is 12.4 Å². The number of ether oxygens (including phenoxy) is 2. The fourth-order valence-electron chi connectivity index (χ4n) is 5.09. The highest BCUT2D eigenvalue weighted by Gasteiger charge is 2.71. The van der Waals surface area contributed by atoms with Crippen molar-refractivity contribution in [3.63, 3.8) is 0 Å². The van der Waals surface area contributed by atoms with E-state index in [1.165, 1.54) is 23.9 Å². The average molecular weight is 548 g/mol. The predicted molar refractivity (Wildman–Crippen MR) is 138 cm³/mol. The summed E-state index contributed by atoms with van der Waals surface area (Å²) in [6.07, 6.45) is 3.70. The van der Waals surface area contributed by atoms with Crippen LogP contribution in [0.3, 0.4) is 0 Å². The molecule has 3 fully saturated rings. The first-order chi connectivity index (χ1) is 18.0. The van der Waals surface area contributed by atoms with Gasteiger partial charge in [-0.2, -0.15) is 18.6 Å². The number of carboxylic acid groups (broad SMARTS) is 1. The number of benzene rings is 2. The molecule has 6 rings (SSSR count). The van der Waals surface area contributed by atoms with Crippen molar-refractivity contribution in [2.45, 2.75) is 43.5 Å². The second-order valence-corrected chi connectivity index (χ2v) is 10.7. The lowest BCUT2D eigenvalue weighted by Crippen LogP contribution is -2.73. The quantitative estimate of drug-likeness (QED) is 0.431. The van der Waals surface area contributed by atoms with Crippen molar-refractivity contribution < 1.29 is 32.5 Å². The predicted octanol–water partition coefficient (Wildman–Crippen LogP) is 5.30. The number of rotatable bonds is 8. The van der Waals surface area contributed by atoms with Gasteiger partial charge in [-0.3, -0.25) is 9.80 Å². The zero-order chi connectivity index (χ0) is 27.3. The van der Waals surface area contributed by atoms with Crippen molar-refractivity contribution >= 4 is 23.4 Å². The van der Waals surface area contributed by atoms with Gasteiger partial charge in [0.05, 0.1) is 22.4 Å². The zero-order valence-electron chi connectivity index (χ0n) is 21.1. The van der Waals surface area contributed by atoms with Crippen LogP contribution in [0, 0.1) is 19.3 Å². The number of anilines is 1. The van der Waals surface area contributed by atoms with Crippen LogP contribution in [0.4, 0.5) is 18.9 Å². The third kappa shape index (κ3) is 4.47. The van der Waals surface area contributed by atoms with Crippen LogP contribution in [0.25, 0.3) is 0 Å². The Labute approximate surface area is 222 Å². The summed E-state index contributed by atoms with van der Waals surface area (Å²) in [6.45, 7) is 4.10. The summed E-state index contributed by atoms with van der Waals surface area (Å²) in [5.41, 5.74) is 4.42. The molecule has 3 aliphatic heterocycles. The Morgan fingerprint density at radius 2 is 1.95 bits per heavy atom. The van der Waals surface area contributed by atoms with E-state index in [9.17, 15) is 18.0 Å². The molecular formula is C27H28F3N3O4S. The molecule has 0 spiro atoms. The number of nitrogens with one attached hydrogen (secondary N) is 1. The molecule has 11 heteroatoms. The number of fused-ring (bicyclic) bond motifs is 1. The van der Waals surface area contributed by atoms with Crippen molar-refractivity contribution in [1.82, 2.24) is 10.3 Å². The molecule has 4 aliphatic rings. The number of hydrazine groups is 1. The molecule has 3 unspecified atom stereocenters. The van der Waals surface area contributed by atoms with Gasteiger partial charge in [0, 0.05) is 4.90 Å². The SMILES string of the molecule is Cc1cc(SCC(=O)O)c(C)cc1OCC1(C23NN(c4ccc(C(F)(F)F)cc4)C(O2)N3C)C=CC=CC1. The third-order valence-electron chi connectivity index (χ3n) is 7.20. The standard InChI is InChI=1S/C27H28F3N3O4S/c1-17-14-22(38-15-23(34)35)18(2)13-21(17)36-16-25(11-5-4-6-12-25)27-31-33(24(37-27)32(27)3)20-9-7-19(8-10-20)26(28,29)30/h4-11,13-14,24,31H,12,15-16H2,1-3H3,(H,34,35). The van der Waals surface area contributed by atoms with Gasteiger partial charge in [-0.25, -0.2) is 4.90 Å². The van der Waals surface area contributed by atoms with E-state index in [1.54, 1.807) is 5.01 Å². The minimum absolute atomic E-state index is 0.0187. The van der Waals surface area contributed by atoms with Gasteiger partial charge in [-0.05, 0) is 74.8 Å². The third-order valence-corrected chi connectivity index (χ3v) is 8.34. The Kier molecular flexibility index (Phi) is 6.75. The largest absolute Gasteiger partial charge is 0.492 e. The first-order valence-electron chi connectivity index (χ1n) is 12.0. The number of hydrogen-bond acceptors (Lipinski definition) is 7. The van der Waals surface area contributed by atoms with Crippen LogP contribution in [-0.2, 0) is 15.7 Å². The van der Waals surface area contributed by atoms with Crippen LogP contribution in [-0.4, -0.2) is 47.6 Å². The van der Waals surface area contributed by atoms with Crippen LogP contribution in [0.15, 0.2) is 65.6 Å². The Balaban J connectivity index is 1.37. The Morgan fingerprint density at radius 1 is 1.21 bits per heavy atom. The molecule has 7 nitrogen and oxygen atoms in total. The number of carbonyl (C=O) groups is 1. The molecule has 0 saturated carbocycles. The van der Waals surface area contributed by atoms with Crippen molar-refractivity contribution in [1.29, 1.82) is 0 Å². The highest BCUT2D eigenvalue weighted by Crippen LogP contribution is 2.54. The fraction of sp³-hybridized carbons (Fsp3) is 0.370. The molecule has 2 aromatic rings. The fourth-order valence-corrected chi connectivity index (χ4v) is 5.92. The Bertz CT molecular complexity index is 1300. The second-order valence-electron chi connectivity index (χ2n) is 9.73. The minimum Gasteiger partial charge on any atom is -0.492 e. The molecule has 2 aromatic carbocycles. The molecule has 3 atom stereocenters. The van der Waals surface area contributed by atoms with E-state index in [2.05, 4.69) is 5.43 Å². The van der Waals surface area contributed by atoms with Crippen LogP contribution < -0.4 is 15.2 Å². The summed E-state index contributed by atoms with van der Waals surface area (Å²) >= 11 is 1.27. The molecule has 0 amide bonds. The summed E-state index contributed by atoms with van der Waals surface area (Å²) in [5, 5.41) is 10.7. The van der Waals surface area contributed by atoms with Gasteiger partial charge in [0.25, 0.3) is 0 Å². The molecule has 0 radical (unpaired) electrons. The lowest BCUT2D eigenvalue weighted by atomic mass is 9.75. The summed E-state index contributed by atoms with van der Waals surface area (Å²) in [6, 6.07) is 8.82. The maximum atomic E-state index is 13.1. The van der Waals surface area contributed by atoms with Gasteiger partial charge in [0.1, 0.15) is 12.4 Å². The molecule has 3 heterocycles. The van der Waals surface area contributed by atoms with Gasteiger partial charge in [-0.15, -0.1) is 11.8 Å². The van der Waals surface area contributed by atoms with Crippen molar-refractivity contribution in [3.05, 3.63) is 77.4 Å². The number of thioether (sulfide) groups is 1. The molecule has 38 heavy (non-hydrogen) atoms.